The third-order valence-electron chi connectivity index (χ3n) is 3.68. The van der Waals surface area contributed by atoms with E-state index in [0.29, 0.717) is 19.5 Å². The number of anilines is 1. The van der Waals surface area contributed by atoms with E-state index in [9.17, 15) is 4.79 Å². The predicted molar refractivity (Wildman–Crippen MR) is 81.2 cm³/mol. The molecule has 1 aromatic heterocycles. The number of aromatic nitrogens is 2. The Hall–Kier alpha value is -1.69. The second-order valence-corrected chi connectivity index (χ2v) is 5.60. The van der Waals surface area contributed by atoms with Crippen LogP contribution in [0, 0.1) is 19.8 Å². The highest BCUT2D eigenvalue weighted by Crippen LogP contribution is 2.21. The van der Waals surface area contributed by atoms with E-state index in [1.54, 1.807) is 0 Å². The summed E-state index contributed by atoms with van der Waals surface area (Å²) in [5.41, 5.74) is 1.90. The minimum Gasteiger partial charge on any atom is -0.396 e. The molecule has 0 spiro atoms. The number of hydrogen-bond donors (Lipinski definition) is 2. The van der Waals surface area contributed by atoms with E-state index in [4.69, 9.17) is 5.11 Å². The molecule has 2 N–H and O–H groups in total. The van der Waals surface area contributed by atoms with Crippen LogP contribution in [0.4, 0.5) is 5.95 Å². The van der Waals surface area contributed by atoms with Crippen molar-refractivity contribution in [2.45, 2.75) is 33.1 Å². The summed E-state index contributed by atoms with van der Waals surface area (Å²) in [5, 5.41) is 11.6. The molecule has 0 unspecified atom stereocenters. The maximum absolute atomic E-state index is 12.1. The number of aryl methyl sites for hydroxylation is 2. The molecular formula is C15H24N4O2. The van der Waals surface area contributed by atoms with Crippen molar-refractivity contribution in [1.29, 1.82) is 0 Å². The van der Waals surface area contributed by atoms with Crippen LogP contribution in [0.15, 0.2) is 6.07 Å². The van der Waals surface area contributed by atoms with Crippen LogP contribution in [0.25, 0.3) is 0 Å². The lowest BCUT2D eigenvalue weighted by atomic mass is 9.97. The molecule has 21 heavy (non-hydrogen) atoms. The van der Waals surface area contributed by atoms with Gasteiger partial charge in [0.05, 0.1) is 5.92 Å². The molecule has 1 saturated heterocycles. The number of aliphatic hydroxyl groups excluding tert-OH is 1. The number of nitrogens with zero attached hydrogens (tertiary/aromatic N) is 3. The molecule has 1 aromatic rings. The molecule has 0 bridgehead atoms. The number of rotatable bonds is 5. The zero-order valence-corrected chi connectivity index (χ0v) is 12.8. The second kappa shape index (κ2) is 7.36. The highest BCUT2D eigenvalue weighted by atomic mass is 16.3. The van der Waals surface area contributed by atoms with Crippen molar-refractivity contribution in [3.63, 3.8) is 0 Å². The monoisotopic (exact) mass is 292 g/mol. The van der Waals surface area contributed by atoms with Gasteiger partial charge >= 0.3 is 0 Å². The van der Waals surface area contributed by atoms with E-state index in [-0.39, 0.29) is 18.4 Å². The summed E-state index contributed by atoms with van der Waals surface area (Å²) in [7, 11) is 0. The van der Waals surface area contributed by atoms with Crippen LogP contribution in [-0.4, -0.2) is 47.2 Å². The van der Waals surface area contributed by atoms with Crippen LogP contribution in [0.1, 0.15) is 30.7 Å². The molecule has 2 heterocycles. The van der Waals surface area contributed by atoms with E-state index < -0.39 is 0 Å². The summed E-state index contributed by atoms with van der Waals surface area (Å²) < 4.78 is 0. The van der Waals surface area contributed by atoms with Crippen LogP contribution >= 0.6 is 0 Å². The lowest BCUT2D eigenvalue weighted by Gasteiger charge is -2.32. The molecule has 116 valence electrons. The van der Waals surface area contributed by atoms with Gasteiger partial charge < -0.3 is 15.3 Å². The van der Waals surface area contributed by atoms with Crippen LogP contribution in [0.3, 0.4) is 0 Å². The summed E-state index contributed by atoms with van der Waals surface area (Å²) in [6.07, 6.45) is 2.46. The molecule has 0 radical (unpaired) electrons. The fraction of sp³-hybridized carbons (Fsp3) is 0.667. The first-order valence-electron chi connectivity index (χ1n) is 7.56. The molecule has 6 heteroatoms. The van der Waals surface area contributed by atoms with E-state index in [1.165, 1.54) is 0 Å². The van der Waals surface area contributed by atoms with Gasteiger partial charge in [0.15, 0.2) is 0 Å². The number of nitrogens with one attached hydrogen (secondary N) is 1. The van der Waals surface area contributed by atoms with Gasteiger partial charge in [-0.1, -0.05) is 0 Å². The van der Waals surface area contributed by atoms with Gasteiger partial charge in [-0.25, -0.2) is 9.97 Å². The first kappa shape index (κ1) is 15.7. The molecule has 2 rings (SSSR count). The van der Waals surface area contributed by atoms with Gasteiger partial charge in [-0.05, 0) is 39.2 Å². The highest BCUT2D eigenvalue weighted by Gasteiger charge is 2.27. The summed E-state index contributed by atoms with van der Waals surface area (Å²) in [6, 6.07) is 1.95. The van der Waals surface area contributed by atoms with Crippen molar-refractivity contribution in [3.05, 3.63) is 17.5 Å². The predicted octanol–water partition coefficient (Wildman–Crippen LogP) is 0.808. The average molecular weight is 292 g/mol. The van der Waals surface area contributed by atoms with Gasteiger partial charge in [0, 0.05) is 37.6 Å². The van der Waals surface area contributed by atoms with Crippen molar-refractivity contribution in [2.75, 3.05) is 31.1 Å². The van der Waals surface area contributed by atoms with Crippen molar-refractivity contribution in [3.8, 4) is 0 Å². The Morgan fingerprint density at radius 1 is 1.43 bits per heavy atom. The highest BCUT2D eigenvalue weighted by molar-refractivity contribution is 5.79. The number of aliphatic hydroxyl groups is 1. The fourth-order valence-electron chi connectivity index (χ4n) is 2.66. The lowest BCUT2D eigenvalue weighted by molar-refractivity contribution is -0.125. The lowest BCUT2D eigenvalue weighted by Crippen LogP contribution is -2.44. The molecule has 1 aliphatic rings. The third kappa shape index (κ3) is 4.39. The maximum Gasteiger partial charge on any atom is 0.225 e. The first-order chi connectivity index (χ1) is 10.1. The zero-order valence-electron chi connectivity index (χ0n) is 12.8. The van der Waals surface area contributed by atoms with Crippen LogP contribution in [0.5, 0.6) is 0 Å². The average Bonchev–Trinajstić information content (AvgIpc) is 2.46. The molecule has 0 saturated carbocycles. The van der Waals surface area contributed by atoms with Gasteiger partial charge in [-0.15, -0.1) is 0 Å². The van der Waals surface area contributed by atoms with E-state index in [0.717, 1.165) is 36.7 Å². The molecule has 1 aliphatic heterocycles. The van der Waals surface area contributed by atoms with Gasteiger partial charge in [0.1, 0.15) is 0 Å². The van der Waals surface area contributed by atoms with Crippen LogP contribution in [-0.2, 0) is 4.79 Å². The number of carbonyl (C=O) groups is 1. The van der Waals surface area contributed by atoms with Gasteiger partial charge in [0.2, 0.25) is 11.9 Å². The Kier molecular flexibility index (Phi) is 5.50. The summed E-state index contributed by atoms with van der Waals surface area (Å²) >= 11 is 0. The van der Waals surface area contributed by atoms with Crippen molar-refractivity contribution >= 4 is 11.9 Å². The normalized spacial score (nSPS) is 18.6. The zero-order chi connectivity index (χ0) is 15.2. The molecule has 6 nitrogen and oxygen atoms in total. The Morgan fingerprint density at radius 2 is 2.14 bits per heavy atom. The number of hydrogen-bond acceptors (Lipinski definition) is 5. The van der Waals surface area contributed by atoms with Gasteiger partial charge in [0.25, 0.3) is 0 Å². The van der Waals surface area contributed by atoms with Crippen molar-refractivity contribution < 1.29 is 9.90 Å². The Bertz CT molecular complexity index is 472. The van der Waals surface area contributed by atoms with Gasteiger partial charge in [-0.3, -0.25) is 4.79 Å². The van der Waals surface area contributed by atoms with Crippen molar-refractivity contribution in [1.82, 2.24) is 15.3 Å². The Labute approximate surface area is 125 Å². The smallest absolute Gasteiger partial charge is 0.225 e. The first-order valence-corrected chi connectivity index (χ1v) is 7.56. The number of carbonyl (C=O) groups excluding carboxylic acids is 1. The maximum atomic E-state index is 12.1. The molecule has 1 amide bonds. The number of amides is 1. The summed E-state index contributed by atoms with van der Waals surface area (Å²) in [6.45, 7) is 6.11. The topological polar surface area (TPSA) is 78.4 Å². The fourth-order valence-corrected chi connectivity index (χ4v) is 2.66. The van der Waals surface area contributed by atoms with Crippen molar-refractivity contribution in [2.24, 2.45) is 5.92 Å². The largest absolute Gasteiger partial charge is 0.396 e. The van der Waals surface area contributed by atoms with E-state index in [1.807, 2.05) is 19.9 Å². The minimum atomic E-state index is -0.0261. The van der Waals surface area contributed by atoms with Crippen LogP contribution < -0.4 is 10.2 Å². The molecule has 0 aromatic carbocycles. The molecular weight excluding hydrogens is 268 g/mol. The molecule has 1 atom stereocenters. The summed E-state index contributed by atoms with van der Waals surface area (Å²) in [5.74, 6) is 0.764. The standard InChI is InChI=1S/C15H24N4O2/c1-11-9-12(2)18-15(17-11)19-7-3-5-13(10-19)14(21)16-6-4-8-20/h9,13,20H,3-8,10H2,1-2H3,(H,16,21)/t13-/m1/s1. The summed E-state index contributed by atoms with van der Waals surface area (Å²) in [4.78, 5) is 23.2. The van der Waals surface area contributed by atoms with Crippen LogP contribution in [0.2, 0.25) is 0 Å². The van der Waals surface area contributed by atoms with E-state index in [2.05, 4.69) is 20.2 Å². The van der Waals surface area contributed by atoms with Gasteiger partial charge in [-0.2, -0.15) is 0 Å². The second-order valence-electron chi connectivity index (χ2n) is 5.60. The minimum absolute atomic E-state index is 0.0261. The Morgan fingerprint density at radius 3 is 2.81 bits per heavy atom. The van der Waals surface area contributed by atoms with E-state index >= 15 is 0 Å². The number of piperidine rings is 1. The third-order valence-corrected chi connectivity index (χ3v) is 3.68. The molecule has 0 aliphatic carbocycles. The molecule has 1 fully saturated rings. The quantitative estimate of drug-likeness (QED) is 0.785. The SMILES string of the molecule is Cc1cc(C)nc(N2CCC[C@@H](C(=O)NCCCO)C2)n1. The Balaban J connectivity index is 1.98.